The van der Waals surface area contributed by atoms with Crippen molar-refractivity contribution in [2.45, 2.75) is 11.3 Å². The second kappa shape index (κ2) is 9.99. The van der Waals surface area contributed by atoms with Gasteiger partial charge in [0.1, 0.15) is 5.82 Å². The lowest BCUT2D eigenvalue weighted by atomic mass is 10.1. The van der Waals surface area contributed by atoms with Crippen LogP contribution in [0.5, 0.6) is 0 Å². The van der Waals surface area contributed by atoms with Gasteiger partial charge in [-0.2, -0.15) is 4.31 Å². The van der Waals surface area contributed by atoms with Crippen LogP contribution in [0.25, 0.3) is 0 Å². The molecule has 1 aliphatic rings. The van der Waals surface area contributed by atoms with Crippen LogP contribution in [0.4, 0.5) is 4.39 Å². The molecule has 0 unspecified atom stereocenters. The van der Waals surface area contributed by atoms with Gasteiger partial charge in [-0.1, -0.05) is 30.0 Å². The highest BCUT2D eigenvalue weighted by Gasteiger charge is 2.28. The predicted octanol–water partition coefficient (Wildman–Crippen LogP) is 3.76. The number of carbonyl (C=O) groups excluding carboxylic acids is 1. The van der Waals surface area contributed by atoms with Crippen LogP contribution in [0.1, 0.15) is 27.9 Å². The second-order valence-electron chi connectivity index (χ2n) is 7.70. The summed E-state index contributed by atoms with van der Waals surface area (Å²) in [6, 6.07) is 21.6. The molecule has 1 heterocycles. The van der Waals surface area contributed by atoms with Gasteiger partial charge in [-0.05, 0) is 67.1 Å². The van der Waals surface area contributed by atoms with Crippen molar-refractivity contribution in [1.82, 2.24) is 9.21 Å². The molecule has 5 nitrogen and oxygen atoms in total. The molecule has 1 fully saturated rings. The highest BCUT2D eigenvalue weighted by molar-refractivity contribution is 7.89. The Labute approximate surface area is 193 Å². The Bertz CT molecular complexity index is 1280. The van der Waals surface area contributed by atoms with E-state index in [-0.39, 0.29) is 23.9 Å². The number of rotatable bonds is 3. The average molecular weight is 463 g/mol. The van der Waals surface area contributed by atoms with E-state index in [0.717, 1.165) is 23.3 Å². The van der Waals surface area contributed by atoms with E-state index in [1.165, 1.54) is 16.4 Å². The highest BCUT2D eigenvalue weighted by Crippen LogP contribution is 2.19. The summed E-state index contributed by atoms with van der Waals surface area (Å²) in [4.78, 5) is 14.7. The molecule has 1 aliphatic heterocycles. The minimum atomic E-state index is -3.74. The molecule has 0 atom stereocenters. The Balaban J connectivity index is 1.41. The van der Waals surface area contributed by atoms with E-state index in [1.807, 2.05) is 42.5 Å². The first-order valence-corrected chi connectivity index (χ1v) is 12.1. The Hall–Kier alpha value is -3.47. The summed E-state index contributed by atoms with van der Waals surface area (Å²) in [6.45, 7) is 1.24. The van der Waals surface area contributed by atoms with Gasteiger partial charge in [0.2, 0.25) is 10.0 Å². The third-order valence-corrected chi connectivity index (χ3v) is 7.36. The maximum Gasteiger partial charge on any atom is 0.253 e. The number of carbonyl (C=O) groups is 1. The van der Waals surface area contributed by atoms with Crippen LogP contribution >= 0.6 is 0 Å². The Kier molecular flexibility index (Phi) is 6.87. The lowest BCUT2D eigenvalue weighted by Gasteiger charge is -2.22. The zero-order chi connectivity index (χ0) is 23.3. The van der Waals surface area contributed by atoms with E-state index in [2.05, 4.69) is 11.8 Å². The molecule has 1 saturated heterocycles. The molecule has 7 heteroatoms. The van der Waals surface area contributed by atoms with Gasteiger partial charge in [0.05, 0.1) is 4.90 Å². The first kappa shape index (κ1) is 22.7. The summed E-state index contributed by atoms with van der Waals surface area (Å²) in [7, 11) is -3.74. The molecule has 0 spiro atoms. The molecule has 0 aromatic heterocycles. The van der Waals surface area contributed by atoms with Crippen molar-refractivity contribution in [2.24, 2.45) is 0 Å². The molecule has 3 aromatic carbocycles. The number of hydrogen-bond donors (Lipinski definition) is 0. The summed E-state index contributed by atoms with van der Waals surface area (Å²) in [5, 5.41) is 0. The monoisotopic (exact) mass is 462 g/mol. The lowest BCUT2D eigenvalue weighted by molar-refractivity contribution is 0.0764. The van der Waals surface area contributed by atoms with E-state index in [4.69, 9.17) is 0 Å². The number of amides is 1. The number of halogens is 1. The second-order valence-corrected chi connectivity index (χ2v) is 9.64. The van der Waals surface area contributed by atoms with E-state index >= 15 is 0 Å². The summed E-state index contributed by atoms with van der Waals surface area (Å²) < 4.78 is 40.3. The normalized spacial score (nSPS) is 14.8. The van der Waals surface area contributed by atoms with Gasteiger partial charge in [0.25, 0.3) is 5.91 Å². The SMILES string of the molecule is O=C(c1ccc(C#Cc2ccccc2)cc1)N1CCCN(S(=O)(=O)c2ccc(F)cc2)CC1. The topological polar surface area (TPSA) is 57.7 Å². The van der Waals surface area contributed by atoms with Crippen LogP contribution in [0.2, 0.25) is 0 Å². The van der Waals surface area contributed by atoms with E-state index in [9.17, 15) is 17.6 Å². The Morgan fingerprint density at radius 1 is 0.758 bits per heavy atom. The number of sulfonamides is 1. The first-order valence-electron chi connectivity index (χ1n) is 10.7. The van der Waals surface area contributed by atoms with Crippen LogP contribution in [-0.4, -0.2) is 49.7 Å². The fraction of sp³-hybridized carbons (Fsp3) is 0.192. The number of nitrogens with zero attached hydrogens (tertiary/aromatic N) is 2. The Morgan fingerprint density at radius 2 is 1.39 bits per heavy atom. The predicted molar refractivity (Wildman–Crippen MR) is 125 cm³/mol. The van der Waals surface area contributed by atoms with Gasteiger partial charge < -0.3 is 4.90 Å². The van der Waals surface area contributed by atoms with Crippen LogP contribution < -0.4 is 0 Å². The largest absolute Gasteiger partial charge is 0.337 e. The maximum atomic E-state index is 13.2. The smallest absolute Gasteiger partial charge is 0.253 e. The minimum Gasteiger partial charge on any atom is -0.337 e. The van der Waals surface area contributed by atoms with Gasteiger partial charge >= 0.3 is 0 Å². The molecular formula is C26H23FN2O3S. The quantitative estimate of drug-likeness (QED) is 0.557. The zero-order valence-electron chi connectivity index (χ0n) is 17.9. The van der Waals surface area contributed by atoms with Gasteiger partial charge in [-0.3, -0.25) is 4.79 Å². The molecule has 0 saturated carbocycles. The highest BCUT2D eigenvalue weighted by atomic mass is 32.2. The van der Waals surface area contributed by atoms with Crippen LogP contribution in [0.3, 0.4) is 0 Å². The van der Waals surface area contributed by atoms with Gasteiger partial charge in [-0.15, -0.1) is 0 Å². The third-order valence-electron chi connectivity index (χ3n) is 5.45. The molecule has 4 rings (SSSR count). The van der Waals surface area contributed by atoms with E-state index in [1.54, 1.807) is 17.0 Å². The summed E-state index contributed by atoms with van der Waals surface area (Å²) in [5.41, 5.74) is 2.26. The molecule has 0 radical (unpaired) electrons. The summed E-state index contributed by atoms with van der Waals surface area (Å²) in [6.07, 6.45) is 0.521. The van der Waals surface area contributed by atoms with Crippen molar-refractivity contribution in [3.63, 3.8) is 0 Å². The van der Waals surface area contributed by atoms with Crippen molar-refractivity contribution in [3.05, 3.63) is 101 Å². The van der Waals surface area contributed by atoms with Crippen molar-refractivity contribution < 1.29 is 17.6 Å². The van der Waals surface area contributed by atoms with Gasteiger partial charge in [0.15, 0.2) is 0 Å². The molecule has 33 heavy (non-hydrogen) atoms. The van der Waals surface area contributed by atoms with Crippen molar-refractivity contribution in [3.8, 4) is 11.8 Å². The lowest BCUT2D eigenvalue weighted by Crippen LogP contribution is -2.37. The number of benzene rings is 3. The molecule has 168 valence electrons. The van der Waals surface area contributed by atoms with E-state index < -0.39 is 15.8 Å². The summed E-state index contributed by atoms with van der Waals surface area (Å²) in [5.74, 6) is 5.55. The molecule has 0 N–H and O–H groups in total. The van der Waals surface area contributed by atoms with Gasteiger partial charge in [-0.25, -0.2) is 12.8 Å². The van der Waals surface area contributed by atoms with Crippen LogP contribution in [-0.2, 0) is 10.0 Å². The molecule has 1 amide bonds. The molecular weight excluding hydrogens is 439 g/mol. The molecule has 0 bridgehead atoms. The average Bonchev–Trinajstić information content (AvgIpc) is 3.11. The molecule has 3 aromatic rings. The van der Waals surface area contributed by atoms with Gasteiger partial charge in [0, 0.05) is 42.9 Å². The van der Waals surface area contributed by atoms with Crippen molar-refractivity contribution >= 4 is 15.9 Å². The summed E-state index contributed by atoms with van der Waals surface area (Å²) >= 11 is 0. The van der Waals surface area contributed by atoms with Crippen molar-refractivity contribution in [2.75, 3.05) is 26.2 Å². The Morgan fingerprint density at radius 3 is 2.06 bits per heavy atom. The van der Waals surface area contributed by atoms with Crippen LogP contribution in [0.15, 0.2) is 83.8 Å². The molecule has 0 aliphatic carbocycles. The first-order chi connectivity index (χ1) is 15.9. The zero-order valence-corrected chi connectivity index (χ0v) is 18.8. The van der Waals surface area contributed by atoms with E-state index in [0.29, 0.717) is 25.1 Å². The fourth-order valence-corrected chi connectivity index (χ4v) is 5.11. The third kappa shape index (κ3) is 5.48. The van der Waals surface area contributed by atoms with Crippen LogP contribution in [0, 0.1) is 17.7 Å². The fourth-order valence-electron chi connectivity index (χ4n) is 3.64. The maximum absolute atomic E-state index is 13.2. The standard InChI is InChI=1S/C26H23FN2O3S/c27-24-13-15-25(16-14-24)33(31,32)29-18-4-17-28(19-20-29)26(30)23-11-9-22(10-12-23)8-7-21-5-2-1-3-6-21/h1-3,5-6,9-16H,4,17-20H2. The van der Waals surface area contributed by atoms with Crippen molar-refractivity contribution in [1.29, 1.82) is 0 Å². The number of hydrogen-bond acceptors (Lipinski definition) is 3. The minimum absolute atomic E-state index is 0.0517.